The Morgan fingerprint density at radius 2 is 1.77 bits per heavy atom. The second-order valence-corrected chi connectivity index (χ2v) is 6.47. The predicted molar refractivity (Wildman–Crippen MR) is 103 cm³/mol. The average molecular weight is 366 g/mol. The van der Waals surface area contributed by atoms with Crippen molar-refractivity contribution in [2.45, 2.75) is 5.16 Å². The van der Waals surface area contributed by atoms with Crippen LogP contribution in [0.1, 0.15) is 10.4 Å². The third kappa shape index (κ3) is 4.52. The zero-order valence-corrected chi connectivity index (χ0v) is 15.0. The summed E-state index contributed by atoms with van der Waals surface area (Å²) in [7, 11) is 1.87. The molecule has 2 N–H and O–H groups in total. The predicted octanol–water partition coefficient (Wildman–Crippen LogP) is 3.40. The molecule has 7 heteroatoms. The number of aryl methyl sites for hydroxylation is 1. The number of para-hydroxylation sites is 2. The third-order valence-electron chi connectivity index (χ3n) is 3.59. The summed E-state index contributed by atoms with van der Waals surface area (Å²) in [5.41, 5.74) is 1.59. The van der Waals surface area contributed by atoms with Crippen LogP contribution in [0.25, 0.3) is 0 Å². The van der Waals surface area contributed by atoms with Gasteiger partial charge >= 0.3 is 0 Å². The highest BCUT2D eigenvalue weighted by Crippen LogP contribution is 2.19. The summed E-state index contributed by atoms with van der Waals surface area (Å²) in [6, 6.07) is 16.1. The van der Waals surface area contributed by atoms with Gasteiger partial charge in [-0.2, -0.15) is 0 Å². The van der Waals surface area contributed by atoms with Gasteiger partial charge in [-0.05, 0) is 24.3 Å². The van der Waals surface area contributed by atoms with E-state index in [4.69, 9.17) is 0 Å². The molecular formula is C19H18N4O2S. The molecule has 0 fully saturated rings. The maximum absolute atomic E-state index is 12.5. The minimum atomic E-state index is -0.274. The summed E-state index contributed by atoms with van der Waals surface area (Å²) in [5.74, 6) is -0.263. The number of amides is 2. The number of carbonyl (C=O) groups excluding carboxylic acids is 2. The molecule has 2 amide bonds. The number of hydrogen-bond acceptors (Lipinski definition) is 4. The Balaban J connectivity index is 1.65. The van der Waals surface area contributed by atoms with Gasteiger partial charge in [0.1, 0.15) is 0 Å². The number of thioether (sulfide) groups is 1. The summed E-state index contributed by atoms with van der Waals surface area (Å²) >= 11 is 1.34. The Labute approximate surface area is 155 Å². The SMILES string of the molecule is Cn1ccnc1SCC(=O)Nc1ccccc1C(=O)Nc1ccccc1. The lowest BCUT2D eigenvalue weighted by Gasteiger charge is -2.11. The monoisotopic (exact) mass is 366 g/mol. The van der Waals surface area contributed by atoms with Crippen molar-refractivity contribution in [2.75, 3.05) is 16.4 Å². The van der Waals surface area contributed by atoms with Crippen molar-refractivity contribution in [3.05, 3.63) is 72.6 Å². The number of hydrogen-bond donors (Lipinski definition) is 2. The van der Waals surface area contributed by atoms with Crippen LogP contribution in [0.2, 0.25) is 0 Å². The molecule has 0 unspecified atom stereocenters. The van der Waals surface area contributed by atoms with Gasteiger partial charge in [0.2, 0.25) is 5.91 Å². The quantitative estimate of drug-likeness (QED) is 0.656. The van der Waals surface area contributed by atoms with Crippen LogP contribution in [0.15, 0.2) is 72.1 Å². The molecule has 3 aromatic rings. The summed E-state index contributed by atoms with van der Waals surface area (Å²) < 4.78 is 1.85. The van der Waals surface area contributed by atoms with Gasteiger partial charge in [0.05, 0.1) is 17.0 Å². The largest absolute Gasteiger partial charge is 0.329 e. The van der Waals surface area contributed by atoms with E-state index in [0.717, 1.165) is 5.16 Å². The van der Waals surface area contributed by atoms with Crippen LogP contribution in [0.4, 0.5) is 11.4 Å². The number of carbonyl (C=O) groups is 2. The highest BCUT2D eigenvalue weighted by atomic mass is 32.2. The van der Waals surface area contributed by atoms with Crippen LogP contribution in [-0.4, -0.2) is 27.1 Å². The second kappa shape index (κ2) is 8.35. The zero-order chi connectivity index (χ0) is 18.4. The lowest BCUT2D eigenvalue weighted by molar-refractivity contribution is -0.113. The van der Waals surface area contributed by atoms with E-state index in [0.29, 0.717) is 16.9 Å². The third-order valence-corrected chi connectivity index (χ3v) is 4.64. The van der Waals surface area contributed by atoms with E-state index in [2.05, 4.69) is 15.6 Å². The van der Waals surface area contributed by atoms with Crippen molar-refractivity contribution in [1.29, 1.82) is 0 Å². The van der Waals surface area contributed by atoms with Crippen LogP contribution in [-0.2, 0) is 11.8 Å². The van der Waals surface area contributed by atoms with Crippen LogP contribution >= 0.6 is 11.8 Å². The molecule has 132 valence electrons. The van der Waals surface area contributed by atoms with Crippen molar-refractivity contribution >= 4 is 35.0 Å². The van der Waals surface area contributed by atoms with Gasteiger partial charge in [0, 0.05) is 25.1 Å². The normalized spacial score (nSPS) is 10.3. The van der Waals surface area contributed by atoms with Gasteiger partial charge in [0.15, 0.2) is 5.16 Å². The lowest BCUT2D eigenvalue weighted by atomic mass is 10.1. The van der Waals surface area contributed by atoms with Gasteiger partial charge < -0.3 is 15.2 Å². The molecule has 2 aromatic carbocycles. The molecule has 0 aliphatic heterocycles. The first-order valence-electron chi connectivity index (χ1n) is 7.99. The van der Waals surface area contributed by atoms with Crippen LogP contribution in [0, 0.1) is 0 Å². The first-order valence-corrected chi connectivity index (χ1v) is 8.97. The summed E-state index contributed by atoms with van der Waals surface area (Å²) in [6.45, 7) is 0. The minimum Gasteiger partial charge on any atom is -0.329 e. The Bertz CT molecular complexity index is 909. The van der Waals surface area contributed by atoms with Crippen LogP contribution < -0.4 is 10.6 Å². The van der Waals surface area contributed by atoms with Gasteiger partial charge in [-0.3, -0.25) is 9.59 Å². The van der Waals surface area contributed by atoms with E-state index < -0.39 is 0 Å². The van der Waals surface area contributed by atoms with Crippen molar-refractivity contribution in [1.82, 2.24) is 9.55 Å². The highest BCUT2D eigenvalue weighted by Gasteiger charge is 2.14. The number of benzene rings is 2. The molecule has 0 aliphatic rings. The topological polar surface area (TPSA) is 76.0 Å². The Morgan fingerprint density at radius 3 is 2.50 bits per heavy atom. The number of nitrogens with zero attached hydrogens (tertiary/aromatic N) is 2. The lowest BCUT2D eigenvalue weighted by Crippen LogP contribution is -2.19. The fraction of sp³-hybridized carbons (Fsp3) is 0.105. The first-order chi connectivity index (χ1) is 12.6. The molecule has 26 heavy (non-hydrogen) atoms. The molecule has 6 nitrogen and oxygen atoms in total. The maximum atomic E-state index is 12.5. The summed E-state index contributed by atoms with van der Waals surface area (Å²) in [4.78, 5) is 28.9. The van der Waals surface area contributed by atoms with Gasteiger partial charge in [-0.1, -0.05) is 42.1 Å². The number of anilines is 2. The van der Waals surface area contributed by atoms with Crippen molar-refractivity contribution in [3.63, 3.8) is 0 Å². The summed E-state index contributed by atoms with van der Waals surface area (Å²) in [5, 5.41) is 6.39. The first kappa shape index (κ1) is 17.8. The Hall–Kier alpha value is -3.06. The van der Waals surface area contributed by atoms with Crippen LogP contribution in [0.5, 0.6) is 0 Å². The van der Waals surface area contributed by atoms with E-state index in [-0.39, 0.29) is 17.6 Å². The molecule has 0 saturated carbocycles. The molecule has 1 heterocycles. The van der Waals surface area contributed by atoms with Crippen molar-refractivity contribution < 1.29 is 9.59 Å². The fourth-order valence-corrected chi connectivity index (χ4v) is 3.05. The number of nitrogens with one attached hydrogen (secondary N) is 2. The van der Waals surface area contributed by atoms with E-state index in [9.17, 15) is 9.59 Å². The van der Waals surface area contributed by atoms with Crippen molar-refractivity contribution in [3.8, 4) is 0 Å². The molecule has 1 aromatic heterocycles. The molecular weight excluding hydrogens is 348 g/mol. The number of imidazole rings is 1. The molecule has 3 rings (SSSR count). The highest BCUT2D eigenvalue weighted by molar-refractivity contribution is 7.99. The van der Waals surface area contributed by atoms with E-state index in [1.165, 1.54) is 11.8 Å². The number of aromatic nitrogens is 2. The minimum absolute atomic E-state index is 0.196. The maximum Gasteiger partial charge on any atom is 0.257 e. The average Bonchev–Trinajstić information content (AvgIpc) is 3.06. The van der Waals surface area contributed by atoms with Crippen molar-refractivity contribution in [2.24, 2.45) is 7.05 Å². The van der Waals surface area contributed by atoms with Crippen LogP contribution in [0.3, 0.4) is 0 Å². The molecule has 0 spiro atoms. The van der Waals surface area contributed by atoms with E-state index in [1.54, 1.807) is 30.5 Å². The van der Waals surface area contributed by atoms with Gasteiger partial charge in [-0.15, -0.1) is 0 Å². The number of rotatable bonds is 6. The Kier molecular flexibility index (Phi) is 5.70. The summed E-state index contributed by atoms with van der Waals surface area (Å²) in [6.07, 6.45) is 3.51. The molecule has 0 radical (unpaired) electrons. The zero-order valence-electron chi connectivity index (χ0n) is 14.2. The molecule has 0 bridgehead atoms. The Morgan fingerprint density at radius 1 is 1.04 bits per heavy atom. The van der Waals surface area contributed by atoms with Gasteiger partial charge in [-0.25, -0.2) is 4.98 Å². The molecule has 0 saturated heterocycles. The molecule has 0 aliphatic carbocycles. The standard InChI is InChI=1S/C19H18N4O2S/c1-23-12-11-20-19(23)26-13-17(24)22-16-10-6-5-9-15(16)18(25)21-14-7-3-2-4-8-14/h2-12H,13H2,1H3,(H,21,25)(H,22,24). The fourth-order valence-electron chi connectivity index (χ4n) is 2.32. The smallest absolute Gasteiger partial charge is 0.257 e. The second-order valence-electron chi connectivity index (χ2n) is 5.52. The van der Waals surface area contributed by atoms with E-state index in [1.807, 2.05) is 48.1 Å². The van der Waals surface area contributed by atoms with E-state index >= 15 is 0 Å². The van der Waals surface area contributed by atoms with Gasteiger partial charge in [0.25, 0.3) is 5.91 Å². The molecule has 0 atom stereocenters.